The normalized spacial score (nSPS) is 28.6. The molecule has 1 unspecified atom stereocenters. The number of carbonyl (C=O) groups is 1. The summed E-state index contributed by atoms with van der Waals surface area (Å²) in [5, 5.41) is 0. The molecule has 2 rings (SSSR count). The van der Waals surface area contributed by atoms with E-state index in [-0.39, 0.29) is 11.8 Å². The lowest BCUT2D eigenvalue weighted by molar-refractivity contribution is -0.127. The topological polar surface area (TPSA) is 30.2 Å². The first-order valence-electron chi connectivity index (χ1n) is 8.05. The molecule has 2 nitrogen and oxygen atoms in total. The Bertz CT molecular complexity index is 419. The Morgan fingerprint density at radius 2 is 2.10 bits per heavy atom. The molecule has 0 radical (unpaired) electrons. The van der Waals surface area contributed by atoms with E-state index in [0.717, 1.165) is 12.2 Å². The van der Waals surface area contributed by atoms with Crippen molar-refractivity contribution in [3.63, 3.8) is 0 Å². The third-order valence-corrected chi connectivity index (χ3v) is 4.97. The fraction of sp³-hybridized carbons (Fsp3) is 0.722. The first kappa shape index (κ1) is 15.3. The minimum absolute atomic E-state index is 0.197. The summed E-state index contributed by atoms with van der Waals surface area (Å²) < 4.78 is 5.43. The highest BCUT2D eigenvalue weighted by molar-refractivity contribution is 5.82. The summed E-state index contributed by atoms with van der Waals surface area (Å²) >= 11 is 0. The van der Waals surface area contributed by atoms with Crippen LogP contribution in [0.3, 0.4) is 0 Å². The predicted molar refractivity (Wildman–Crippen MR) is 81.6 cm³/mol. The highest BCUT2D eigenvalue weighted by Gasteiger charge is 2.35. The SMILES string of the molecule is CC(CC(=O)[C@@H]1C[C@H](C)CC[C@H]1C(C)C)c1ccco1. The van der Waals surface area contributed by atoms with E-state index in [2.05, 4.69) is 27.7 Å². The van der Waals surface area contributed by atoms with Gasteiger partial charge in [-0.2, -0.15) is 0 Å². The van der Waals surface area contributed by atoms with Gasteiger partial charge in [0.25, 0.3) is 0 Å². The predicted octanol–water partition coefficient (Wildman–Crippen LogP) is 5.05. The molecule has 1 aromatic rings. The summed E-state index contributed by atoms with van der Waals surface area (Å²) in [5.74, 6) is 3.71. The van der Waals surface area contributed by atoms with Crippen LogP contribution in [0.1, 0.15) is 65.1 Å². The van der Waals surface area contributed by atoms with Crippen LogP contribution in [0, 0.1) is 23.7 Å². The van der Waals surface area contributed by atoms with Gasteiger partial charge in [-0.05, 0) is 42.7 Å². The average molecular weight is 276 g/mol. The van der Waals surface area contributed by atoms with Crippen molar-refractivity contribution in [3.05, 3.63) is 24.2 Å². The van der Waals surface area contributed by atoms with Crippen molar-refractivity contribution in [2.45, 2.75) is 59.3 Å². The molecule has 20 heavy (non-hydrogen) atoms. The van der Waals surface area contributed by atoms with E-state index in [0.29, 0.717) is 30.0 Å². The van der Waals surface area contributed by atoms with E-state index >= 15 is 0 Å². The lowest BCUT2D eigenvalue weighted by Crippen LogP contribution is -2.33. The molecular formula is C18H28O2. The summed E-state index contributed by atoms with van der Waals surface area (Å²) in [6, 6.07) is 3.87. The zero-order valence-corrected chi connectivity index (χ0v) is 13.3. The zero-order chi connectivity index (χ0) is 14.7. The molecule has 0 aromatic carbocycles. The van der Waals surface area contributed by atoms with Gasteiger partial charge in [0.1, 0.15) is 11.5 Å². The molecule has 0 bridgehead atoms. The Morgan fingerprint density at radius 1 is 1.35 bits per heavy atom. The van der Waals surface area contributed by atoms with Crippen LogP contribution in [0.2, 0.25) is 0 Å². The molecule has 0 saturated heterocycles. The van der Waals surface area contributed by atoms with Crippen LogP contribution in [0.25, 0.3) is 0 Å². The third kappa shape index (κ3) is 3.53. The van der Waals surface area contributed by atoms with Crippen LogP contribution in [0.5, 0.6) is 0 Å². The van der Waals surface area contributed by atoms with Gasteiger partial charge in [0.05, 0.1) is 6.26 Å². The van der Waals surface area contributed by atoms with Crippen molar-refractivity contribution in [1.29, 1.82) is 0 Å². The number of furan rings is 1. The molecule has 0 spiro atoms. The fourth-order valence-electron chi connectivity index (χ4n) is 3.70. The van der Waals surface area contributed by atoms with Gasteiger partial charge in [-0.1, -0.05) is 34.1 Å². The van der Waals surface area contributed by atoms with E-state index in [1.807, 2.05) is 12.1 Å². The second kappa shape index (κ2) is 6.60. The molecule has 0 amide bonds. The van der Waals surface area contributed by atoms with Gasteiger partial charge in [0.2, 0.25) is 0 Å². The maximum Gasteiger partial charge on any atom is 0.136 e. The Kier molecular flexibility index (Phi) is 5.06. The Hall–Kier alpha value is -1.05. The van der Waals surface area contributed by atoms with Gasteiger partial charge < -0.3 is 4.42 Å². The first-order valence-corrected chi connectivity index (χ1v) is 8.05. The molecule has 2 heteroatoms. The minimum atomic E-state index is 0.197. The number of carbonyl (C=O) groups excluding carboxylic acids is 1. The molecule has 1 aromatic heterocycles. The van der Waals surface area contributed by atoms with Crippen molar-refractivity contribution >= 4 is 5.78 Å². The molecule has 0 aliphatic heterocycles. The third-order valence-electron chi connectivity index (χ3n) is 4.97. The molecule has 4 atom stereocenters. The Labute approximate surface area is 122 Å². The van der Waals surface area contributed by atoms with Gasteiger partial charge in [0, 0.05) is 18.3 Å². The van der Waals surface area contributed by atoms with Gasteiger partial charge in [-0.15, -0.1) is 0 Å². The van der Waals surface area contributed by atoms with E-state index in [9.17, 15) is 4.79 Å². The monoisotopic (exact) mass is 276 g/mol. The second-order valence-electron chi connectivity index (χ2n) is 7.02. The summed E-state index contributed by atoms with van der Waals surface area (Å²) in [6.07, 6.45) is 5.88. The molecule has 1 heterocycles. The van der Waals surface area contributed by atoms with E-state index in [4.69, 9.17) is 4.42 Å². The molecule has 0 N–H and O–H groups in total. The lowest BCUT2D eigenvalue weighted by Gasteiger charge is -2.36. The number of hydrogen-bond acceptors (Lipinski definition) is 2. The van der Waals surface area contributed by atoms with Gasteiger partial charge in [-0.3, -0.25) is 4.79 Å². The van der Waals surface area contributed by atoms with Crippen LogP contribution in [-0.4, -0.2) is 5.78 Å². The van der Waals surface area contributed by atoms with Gasteiger partial charge in [0.15, 0.2) is 0 Å². The molecule has 1 fully saturated rings. The molecule has 1 aliphatic carbocycles. The summed E-state index contributed by atoms with van der Waals surface area (Å²) in [7, 11) is 0. The number of rotatable bonds is 5. The van der Waals surface area contributed by atoms with Crippen LogP contribution in [0.15, 0.2) is 22.8 Å². The summed E-state index contributed by atoms with van der Waals surface area (Å²) in [6.45, 7) is 8.90. The largest absolute Gasteiger partial charge is 0.469 e. The highest BCUT2D eigenvalue weighted by atomic mass is 16.3. The van der Waals surface area contributed by atoms with Crippen LogP contribution in [-0.2, 0) is 4.79 Å². The summed E-state index contributed by atoms with van der Waals surface area (Å²) in [5.41, 5.74) is 0. The molecule has 1 saturated carbocycles. The maximum atomic E-state index is 12.7. The molecular weight excluding hydrogens is 248 g/mol. The number of Topliss-reactive ketones (excluding diaryl/α,β-unsaturated/α-hetero) is 1. The van der Waals surface area contributed by atoms with Crippen molar-refractivity contribution in [1.82, 2.24) is 0 Å². The maximum absolute atomic E-state index is 12.7. The smallest absolute Gasteiger partial charge is 0.136 e. The Morgan fingerprint density at radius 3 is 2.70 bits per heavy atom. The second-order valence-corrected chi connectivity index (χ2v) is 7.02. The fourth-order valence-corrected chi connectivity index (χ4v) is 3.70. The summed E-state index contributed by atoms with van der Waals surface area (Å²) in [4.78, 5) is 12.7. The molecule has 112 valence electrons. The van der Waals surface area contributed by atoms with Crippen LogP contribution < -0.4 is 0 Å². The highest BCUT2D eigenvalue weighted by Crippen LogP contribution is 2.39. The number of hydrogen-bond donors (Lipinski definition) is 0. The van der Waals surface area contributed by atoms with Crippen molar-refractivity contribution in [2.24, 2.45) is 23.7 Å². The number of ketones is 1. The quantitative estimate of drug-likeness (QED) is 0.753. The van der Waals surface area contributed by atoms with Crippen molar-refractivity contribution in [3.8, 4) is 0 Å². The lowest BCUT2D eigenvalue weighted by atomic mass is 9.67. The average Bonchev–Trinajstić information content (AvgIpc) is 2.92. The van der Waals surface area contributed by atoms with E-state index in [1.54, 1.807) is 6.26 Å². The van der Waals surface area contributed by atoms with Crippen LogP contribution in [0.4, 0.5) is 0 Å². The van der Waals surface area contributed by atoms with Gasteiger partial charge in [-0.25, -0.2) is 0 Å². The van der Waals surface area contributed by atoms with Crippen LogP contribution >= 0.6 is 0 Å². The van der Waals surface area contributed by atoms with E-state index in [1.165, 1.54) is 12.8 Å². The molecule has 1 aliphatic rings. The van der Waals surface area contributed by atoms with E-state index < -0.39 is 0 Å². The zero-order valence-electron chi connectivity index (χ0n) is 13.3. The standard InChI is InChI=1S/C18H28O2/c1-12(2)15-8-7-13(3)10-16(15)17(19)11-14(4)18-6-5-9-20-18/h5-6,9,12-16H,7-8,10-11H2,1-4H3/t13-,14?,15+,16-/m1/s1. The van der Waals surface area contributed by atoms with Gasteiger partial charge >= 0.3 is 0 Å². The van der Waals surface area contributed by atoms with Crippen molar-refractivity contribution < 1.29 is 9.21 Å². The first-order chi connectivity index (χ1) is 9.49. The van der Waals surface area contributed by atoms with Crippen molar-refractivity contribution in [2.75, 3.05) is 0 Å². The Balaban J connectivity index is 2.01. The minimum Gasteiger partial charge on any atom is -0.469 e.